The van der Waals surface area contributed by atoms with Gasteiger partial charge in [-0.25, -0.2) is 0 Å². The maximum absolute atomic E-state index is 6.88. The molecular weight excluding hydrogens is 627 g/mol. The molecule has 0 saturated carbocycles. The van der Waals surface area contributed by atoms with Gasteiger partial charge in [-0.05, 0) is 82.2 Å². The van der Waals surface area contributed by atoms with Crippen molar-refractivity contribution in [1.29, 1.82) is 0 Å². The van der Waals surface area contributed by atoms with E-state index in [4.69, 9.17) is 4.74 Å². The monoisotopic (exact) mass is 655 g/mol. The number of anilines is 3. The summed E-state index contributed by atoms with van der Waals surface area (Å²) in [5, 5.41) is 4.89. The SMILES string of the molecule is c1ccc(N(c2ccc3c(c2)C2(c4ccccc4Oc4c2ccc2ccccc42)c2ccccc2-3)c2ccc3sc4ccccc4c3c2)cc1. The Morgan fingerprint density at radius 2 is 1.10 bits per heavy atom. The third-order valence-corrected chi connectivity index (χ3v) is 11.9. The van der Waals surface area contributed by atoms with Crippen LogP contribution in [0.2, 0.25) is 0 Å². The van der Waals surface area contributed by atoms with E-state index >= 15 is 0 Å². The second kappa shape index (κ2) is 10.4. The van der Waals surface area contributed by atoms with Crippen LogP contribution in [-0.2, 0) is 5.41 Å². The van der Waals surface area contributed by atoms with Crippen LogP contribution in [-0.4, -0.2) is 0 Å². The molecule has 1 atom stereocenters. The number of hydrogen-bond donors (Lipinski definition) is 0. The van der Waals surface area contributed by atoms with E-state index in [1.165, 1.54) is 58.9 Å². The van der Waals surface area contributed by atoms with Gasteiger partial charge in [-0.2, -0.15) is 0 Å². The molecule has 1 aliphatic heterocycles. The van der Waals surface area contributed by atoms with E-state index in [9.17, 15) is 0 Å². The zero-order valence-electron chi connectivity index (χ0n) is 27.0. The van der Waals surface area contributed by atoms with Crippen LogP contribution in [0, 0.1) is 0 Å². The van der Waals surface area contributed by atoms with Crippen LogP contribution in [0.5, 0.6) is 11.5 Å². The van der Waals surface area contributed by atoms with Gasteiger partial charge < -0.3 is 9.64 Å². The number of fused-ring (bicyclic) bond motifs is 14. The van der Waals surface area contributed by atoms with E-state index in [1.54, 1.807) is 0 Å². The Bertz CT molecular complexity index is 2820. The second-order valence-electron chi connectivity index (χ2n) is 13.2. The molecule has 1 aromatic heterocycles. The lowest BCUT2D eigenvalue weighted by molar-refractivity contribution is 0.441. The van der Waals surface area contributed by atoms with Crippen molar-refractivity contribution in [3.8, 4) is 22.6 Å². The van der Waals surface area contributed by atoms with Crippen molar-refractivity contribution >= 4 is 59.3 Å². The summed E-state index contributed by atoms with van der Waals surface area (Å²) in [7, 11) is 0. The van der Waals surface area contributed by atoms with Crippen molar-refractivity contribution in [3.63, 3.8) is 0 Å². The molecule has 9 aromatic rings. The molecule has 2 nitrogen and oxygen atoms in total. The van der Waals surface area contributed by atoms with E-state index < -0.39 is 5.41 Å². The number of para-hydroxylation sites is 2. The summed E-state index contributed by atoms with van der Waals surface area (Å²) >= 11 is 1.85. The molecule has 2 aliphatic rings. The van der Waals surface area contributed by atoms with E-state index in [0.717, 1.165) is 33.9 Å². The predicted octanol–water partition coefficient (Wildman–Crippen LogP) is 13.1. The summed E-state index contributed by atoms with van der Waals surface area (Å²) < 4.78 is 9.50. The highest BCUT2D eigenvalue weighted by Gasteiger charge is 2.51. The molecule has 0 radical (unpaired) electrons. The van der Waals surface area contributed by atoms with E-state index in [-0.39, 0.29) is 0 Å². The minimum Gasteiger partial charge on any atom is -0.456 e. The molecule has 0 saturated heterocycles. The minimum atomic E-state index is -0.563. The zero-order chi connectivity index (χ0) is 32.8. The molecule has 0 fully saturated rings. The smallest absolute Gasteiger partial charge is 0.140 e. The molecule has 0 bridgehead atoms. The first-order valence-corrected chi connectivity index (χ1v) is 17.9. The van der Waals surface area contributed by atoms with Crippen LogP contribution in [0.25, 0.3) is 42.1 Å². The van der Waals surface area contributed by atoms with Gasteiger partial charge in [0, 0.05) is 53.7 Å². The van der Waals surface area contributed by atoms with Crippen LogP contribution in [0.1, 0.15) is 22.3 Å². The molecule has 1 unspecified atom stereocenters. The highest BCUT2D eigenvalue weighted by molar-refractivity contribution is 7.25. The summed E-state index contributed by atoms with van der Waals surface area (Å²) in [6, 6.07) is 64.2. The molecule has 3 heteroatoms. The van der Waals surface area contributed by atoms with Crippen molar-refractivity contribution < 1.29 is 4.74 Å². The van der Waals surface area contributed by atoms with Crippen LogP contribution < -0.4 is 9.64 Å². The van der Waals surface area contributed by atoms with E-state index in [0.29, 0.717) is 0 Å². The summed E-state index contributed by atoms with van der Waals surface area (Å²) in [6.45, 7) is 0. The second-order valence-corrected chi connectivity index (χ2v) is 14.3. The molecule has 0 N–H and O–H groups in total. The third-order valence-electron chi connectivity index (χ3n) is 10.7. The van der Waals surface area contributed by atoms with Crippen molar-refractivity contribution in [3.05, 3.63) is 198 Å². The maximum atomic E-state index is 6.88. The molecule has 11 rings (SSSR count). The average molecular weight is 656 g/mol. The van der Waals surface area contributed by atoms with Crippen LogP contribution in [0.15, 0.2) is 176 Å². The first-order valence-electron chi connectivity index (χ1n) is 17.1. The summed E-state index contributed by atoms with van der Waals surface area (Å²) in [5.74, 6) is 1.84. The number of rotatable bonds is 3. The fraction of sp³-hybridized carbons (Fsp3) is 0.0213. The highest BCUT2D eigenvalue weighted by atomic mass is 32.1. The number of ether oxygens (including phenoxy) is 1. The number of hydrogen-bond acceptors (Lipinski definition) is 3. The lowest BCUT2D eigenvalue weighted by Gasteiger charge is -2.40. The van der Waals surface area contributed by atoms with E-state index in [2.05, 4.69) is 181 Å². The summed E-state index contributed by atoms with van der Waals surface area (Å²) in [6.07, 6.45) is 0. The Morgan fingerprint density at radius 1 is 0.420 bits per heavy atom. The summed E-state index contributed by atoms with van der Waals surface area (Å²) in [4.78, 5) is 2.41. The normalized spacial score (nSPS) is 15.4. The zero-order valence-corrected chi connectivity index (χ0v) is 27.8. The molecule has 1 aliphatic carbocycles. The number of thiophene rings is 1. The number of nitrogens with zero attached hydrogens (tertiary/aromatic N) is 1. The van der Waals surface area contributed by atoms with Gasteiger partial charge in [-0.3, -0.25) is 0 Å². The molecule has 50 heavy (non-hydrogen) atoms. The Kier molecular flexibility index (Phi) is 5.78. The quantitative estimate of drug-likeness (QED) is 0.188. The van der Waals surface area contributed by atoms with Gasteiger partial charge in [0.2, 0.25) is 0 Å². The first kappa shape index (κ1) is 27.8. The van der Waals surface area contributed by atoms with Gasteiger partial charge >= 0.3 is 0 Å². The van der Waals surface area contributed by atoms with Gasteiger partial charge in [0.25, 0.3) is 0 Å². The van der Waals surface area contributed by atoms with Gasteiger partial charge in [-0.15, -0.1) is 11.3 Å². The molecule has 8 aromatic carbocycles. The van der Waals surface area contributed by atoms with Crippen molar-refractivity contribution in [2.75, 3.05) is 4.90 Å². The topological polar surface area (TPSA) is 12.5 Å². The number of benzene rings is 8. The molecule has 1 spiro atoms. The van der Waals surface area contributed by atoms with Crippen LogP contribution in [0.3, 0.4) is 0 Å². The Labute approximate surface area is 294 Å². The van der Waals surface area contributed by atoms with Crippen molar-refractivity contribution in [2.45, 2.75) is 5.41 Å². The lowest BCUT2D eigenvalue weighted by Crippen LogP contribution is -2.32. The molecule has 2 heterocycles. The van der Waals surface area contributed by atoms with Crippen LogP contribution in [0.4, 0.5) is 17.1 Å². The third kappa shape index (κ3) is 3.73. The minimum absolute atomic E-state index is 0.563. The van der Waals surface area contributed by atoms with Crippen molar-refractivity contribution in [2.24, 2.45) is 0 Å². The molecular formula is C47H29NOS. The standard InChI is InChI=1S/C47H29NOS/c1-2-13-31(14-3-1)48(32-24-27-45-38(28-32)37-17-7-11-21-44(37)50-45)33-23-25-36-35-16-6-8-18-39(35)47(42(36)29-33)40-19-9-10-20-43(40)49-46-34-15-5-4-12-30(34)22-26-41(46)47/h1-29H. The summed E-state index contributed by atoms with van der Waals surface area (Å²) in [5.41, 5.74) is 10.2. The van der Waals surface area contributed by atoms with E-state index in [1.807, 2.05) is 11.3 Å². The van der Waals surface area contributed by atoms with Crippen molar-refractivity contribution in [1.82, 2.24) is 0 Å². The predicted molar refractivity (Wildman–Crippen MR) is 209 cm³/mol. The van der Waals surface area contributed by atoms with Gasteiger partial charge in [-0.1, -0.05) is 121 Å². The lowest BCUT2D eigenvalue weighted by atomic mass is 9.65. The average Bonchev–Trinajstić information content (AvgIpc) is 3.69. The highest BCUT2D eigenvalue weighted by Crippen LogP contribution is 2.63. The Hall–Kier alpha value is -6.16. The maximum Gasteiger partial charge on any atom is 0.140 e. The Morgan fingerprint density at radius 3 is 2.02 bits per heavy atom. The molecule has 234 valence electrons. The van der Waals surface area contributed by atoms with Gasteiger partial charge in [0.1, 0.15) is 11.5 Å². The van der Waals surface area contributed by atoms with Gasteiger partial charge in [0.15, 0.2) is 0 Å². The molecule has 0 amide bonds. The van der Waals surface area contributed by atoms with Crippen LogP contribution >= 0.6 is 11.3 Å². The fourth-order valence-corrected chi connectivity index (χ4v) is 9.72. The fourth-order valence-electron chi connectivity index (χ4n) is 8.63. The largest absolute Gasteiger partial charge is 0.456 e. The first-order chi connectivity index (χ1) is 24.8. The van der Waals surface area contributed by atoms with Gasteiger partial charge in [0.05, 0.1) is 5.41 Å². The Balaban J connectivity index is 1.22.